The first-order valence-corrected chi connectivity index (χ1v) is 4.60. The summed E-state index contributed by atoms with van der Waals surface area (Å²) < 4.78 is 0. The molecule has 0 N–H and O–H groups in total. The van der Waals surface area contributed by atoms with Crippen molar-refractivity contribution < 1.29 is 0 Å². The predicted molar refractivity (Wildman–Crippen MR) is 42.7 cm³/mol. The third-order valence-electron chi connectivity index (χ3n) is 2.57. The maximum absolute atomic E-state index is 3.69. The summed E-state index contributed by atoms with van der Waals surface area (Å²) in [6.45, 7) is 0. The van der Waals surface area contributed by atoms with Gasteiger partial charge in [-0.15, -0.1) is 0 Å². The molecule has 2 aliphatic rings. The summed E-state index contributed by atoms with van der Waals surface area (Å²) in [5, 5.41) is 0. The zero-order valence-electron chi connectivity index (χ0n) is 5.39. The van der Waals surface area contributed by atoms with Crippen molar-refractivity contribution in [1.29, 1.82) is 0 Å². The molecule has 2 rings (SSSR count). The van der Waals surface area contributed by atoms with Crippen LogP contribution < -0.4 is 0 Å². The molecule has 1 saturated carbocycles. The Morgan fingerprint density at radius 3 is 3.00 bits per heavy atom. The van der Waals surface area contributed by atoms with Crippen LogP contribution in [0.5, 0.6) is 0 Å². The van der Waals surface area contributed by atoms with E-state index in [0.717, 1.165) is 16.7 Å². The third kappa shape index (κ3) is 0.861. The van der Waals surface area contributed by atoms with Crippen LogP contribution in [0.3, 0.4) is 0 Å². The van der Waals surface area contributed by atoms with Gasteiger partial charge in [-0.25, -0.2) is 0 Å². The SMILES string of the molecule is Br[C@@H]1CC[C@H]2CC=C[C@H]21. The first-order chi connectivity index (χ1) is 4.38. The second-order valence-electron chi connectivity index (χ2n) is 3.09. The summed E-state index contributed by atoms with van der Waals surface area (Å²) in [7, 11) is 0. The van der Waals surface area contributed by atoms with Crippen LogP contribution in [0.25, 0.3) is 0 Å². The minimum absolute atomic E-state index is 0.793. The molecular weight excluding hydrogens is 176 g/mol. The Labute approximate surface area is 64.5 Å². The van der Waals surface area contributed by atoms with Gasteiger partial charge in [0.25, 0.3) is 0 Å². The fourth-order valence-corrected chi connectivity index (χ4v) is 2.89. The van der Waals surface area contributed by atoms with Gasteiger partial charge in [0.2, 0.25) is 0 Å². The van der Waals surface area contributed by atoms with Gasteiger partial charge in [-0.3, -0.25) is 0 Å². The van der Waals surface area contributed by atoms with Crippen molar-refractivity contribution in [2.75, 3.05) is 0 Å². The highest BCUT2D eigenvalue weighted by Crippen LogP contribution is 2.43. The fraction of sp³-hybridized carbons (Fsp3) is 0.750. The Morgan fingerprint density at radius 1 is 1.33 bits per heavy atom. The summed E-state index contributed by atoms with van der Waals surface area (Å²) in [4.78, 5) is 0.793. The second kappa shape index (κ2) is 2.12. The molecule has 0 radical (unpaired) electrons. The zero-order valence-corrected chi connectivity index (χ0v) is 6.97. The summed E-state index contributed by atoms with van der Waals surface area (Å²) in [5.41, 5.74) is 0. The van der Waals surface area contributed by atoms with E-state index in [4.69, 9.17) is 0 Å². The lowest BCUT2D eigenvalue weighted by atomic mass is 10.0. The Balaban J connectivity index is 2.15. The Bertz CT molecular complexity index is 140. The molecule has 0 amide bonds. The molecule has 0 unspecified atom stereocenters. The van der Waals surface area contributed by atoms with E-state index < -0.39 is 0 Å². The highest BCUT2D eigenvalue weighted by molar-refractivity contribution is 9.09. The number of hydrogen-bond acceptors (Lipinski definition) is 0. The molecule has 0 nitrogen and oxygen atoms in total. The lowest BCUT2D eigenvalue weighted by molar-refractivity contribution is 0.501. The summed E-state index contributed by atoms with van der Waals surface area (Å²) >= 11 is 3.69. The van der Waals surface area contributed by atoms with Crippen LogP contribution in [-0.4, -0.2) is 4.83 Å². The van der Waals surface area contributed by atoms with E-state index in [9.17, 15) is 0 Å². The number of rotatable bonds is 0. The van der Waals surface area contributed by atoms with Crippen molar-refractivity contribution in [2.45, 2.75) is 24.1 Å². The molecule has 1 fully saturated rings. The standard InChI is InChI=1S/C8H11Br/c9-8-5-4-6-2-1-3-7(6)8/h1,3,6-8H,2,4-5H2/t6-,7-,8-/m1/s1. The van der Waals surface area contributed by atoms with E-state index in [-0.39, 0.29) is 0 Å². The molecule has 0 spiro atoms. The molecule has 0 aromatic carbocycles. The first kappa shape index (κ1) is 5.96. The smallest absolute Gasteiger partial charge is 0.0211 e. The molecule has 9 heavy (non-hydrogen) atoms. The van der Waals surface area contributed by atoms with E-state index >= 15 is 0 Å². The van der Waals surface area contributed by atoms with Crippen molar-refractivity contribution in [3.63, 3.8) is 0 Å². The summed E-state index contributed by atoms with van der Waals surface area (Å²) in [6, 6.07) is 0. The van der Waals surface area contributed by atoms with Crippen LogP contribution >= 0.6 is 15.9 Å². The molecular formula is C8H11Br. The average molecular weight is 187 g/mol. The van der Waals surface area contributed by atoms with E-state index in [0.29, 0.717) is 0 Å². The minimum Gasteiger partial charge on any atom is -0.0884 e. The number of alkyl halides is 1. The number of hydrogen-bond donors (Lipinski definition) is 0. The van der Waals surface area contributed by atoms with Crippen molar-refractivity contribution >= 4 is 15.9 Å². The third-order valence-corrected chi connectivity index (χ3v) is 3.64. The first-order valence-electron chi connectivity index (χ1n) is 3.68. The van der Waals surface area contributed by atoms with Gasteiger partial charge in [0.1, 0.15) is 0 Å². The monoisotopic (exact) mass is 186 g/mol. The topological polar surface area (TPSA) is 0 Å². The molecule has 0 saturated heterocycles. The van der Waals surface area contributed by atoms with Crippen LogP contribution in [0.15, 0.2) is 12.2 Å². The van der Waals surface area contributed by atoms with Gasteiger partial charge in [-0.2, -0.15) is 0 Å². The van der Waals surface area contributed by atoms with E-state index in [1.807, 2.05) is 0 Å². The fourth-order valence-electron chi connectivity index (χ4n) is 2.02. The second-order valence-corrected chi connectivity index (χ2v) is 4.27. The highest BCUT2D eigenvalue weighted by atomic mass is 79.9. The van der Waals surface area contributed by atoms with Gasteiger partial charge >= 0.3 is 0 Å². The maximum atomic E-state index is 3.69. The molecule has 50 valence electrons. The van der Waals surface area contributed by atoms with Crippen molar-refractivity contribution in [3.8, 4) is 0 Å². The number of fused-ring (bicyclic) bond motifs is 1. The zero-order chi connectivity index (χ0) is 6.27. The Hall–Kier alpha value is 0.220. The quantitative estimate of drug-likeness (QED) is 0.404. The van der Waals surface area contributed by atoms with Gasteiger partial charge in [0.15, 0.2) is 0 Å². The van der Waals surface area contributed by atoms with Crippen LogP contribution in [-0.2, 0) is 0 Å². The predicted octanol–water partition coefficient (Wildman–Crippen LogP) is 2.74. The molecule has 0 aliphatic heterocycles. The lowest BCUT2D eigenvalue weighted by Gasteiger charge is -2.09. The molecule has 3 atom stereocenters. The van der Waals surface area contributed by atoms with Crippen LogP contribution in [0, 0.1) is 11.8 Å². The van der Waals surface area contributed by atoms with Crippen LogP contribution in [0.1, 0.15) is 19.3 Å². The normalized spacial score (nSPS) is 47.9. The molecule has 0 bridgehead atoms. The van der Waals surface area contributed by atoms with Crippen molar-refractivity contribution in [2.24, 2.45) is 11.8 Å². The maximum Gasteiger partial charge on any atom is 0.0211 e. The summed E-state index contributed by atoms with van der Waals surface area (Å²) in [6.07, 6.45) is 8.89. The van der Waals surface area contributed by atoms with Crippen LogP contribution in [0.4, 0.5) is 0 Å². The minimum atomic E-state index is 0.793. The van der Waals surface area contributed by atoms with Crippen LogP contribution in [0.2, 0.25) is 0 Å². The Morgan fingerprint density at radius 2 is 2.22 bits per heavy atom. The van der Waals surface area contributed by atoms with E-state index in [1.165, 1.54) is 19.3 Å². The molecule has 0 heterocycles. The van der Waals surface area contributed by atoms with Gasteiger partial charge in [-0.1, -0.05) is 28.1 Å². The van der Waals surface area contributed by atoms with E-state index in [1.54, 1.807) is 0 Å². The number of halogens is 1. The van der Waals surface area contributed by atoms with E-state index in [2.05, 4.69) is 28.1 Å². The number of allylic oxidation sites excluding steroid dienone is 2. The highest BCUT2D eigenvalue weighted by Gasteiger charge is 2.34. The van der Waals surface area contributed by atoms with Gasteiger partial charge in [-0.05, 0) is 31.1 Å². The molecule has 0 aromatic heterocycles. The summed E-state index contributed by atoms with van der Waals surface area (Å²) in [5.74, 6) is 1.87. The van der Waals surface area contributed by atoms with Crippen molar-refractivity contribution in [1.82, 2.24) is 0 Å². The largest absolute Gasteiger partial charge is 0.0884 e. The molecule has 2 aliphatic carbocycles. The molecule has 1 heteroatoms. The van der Waals surface area contributed by atoms with Gasteiger partial charge in [0.05, 0.1) is 0 Å². The average Bonchev–Trinajstić information content (AvgIpc) is 2.35. The van der Waals surface area contributed by atoms with Crippen molar-refractivity contribution in [3.05, 3.63) is 12.2 Å². The molecule has 0 aromatic rings. The van der Waals surface area contributed by atoms with Gasteiger partial charge in [0, 0.05) is 4.83 Å². The Kier molecular flexibility index (Phi) is 1.40. The lowest BCUT2D eigenvalue weighted by Crippen LogP contribution is -2.06. The van der Waals surface area contributed by atoms with Gasteiger partial charge < -0.3 is 0 Å².